The first-order valence-corrected chi connectivity index (χ1v) is 6.25. The van der Waals surface area contributed by atoms with Gasteiger partial charge in [0.15, 0.2) is 11.6 Å². The molecule has 1 rings (SSSR count). The molecule has 0 aliphatic carbocycles. The molecule has 1 aromatic rings. The van der Waals surface area contributed by atoms with E-state index in [0.717, 1.165) is 12.8 Å². The van der Waals surface area contributed by atoms with Gasteiger partial charge < -0.3 is 4.74 Å². The lowest BCUT2D eigenvalue weighted by molar-refractivity contribution is 0.184. The topological polar surface area (TPSA) is 9.23 Å². The molecule has 0 unspecified atom stereocenters. The van der Waals surface area contributed by atoms with Gasteiger partial charge in [0.2, 0.25) is 0 Å². The van der Waals surface area contributed by atoms with Crippen molar-refractivity contribution in [3.63, 3.8) is 0 Å². The lowest BCUT2D eigenvalue weighted by Crippen LogP contribution is -2.14. The fraction of sp³-hybridized carbons (Fsp3) is 0.429. The highest BCUT2D eigenvalue weighted by molar-refractivity contribution is 6.19. The Labute approximate surface area is 107 Å². The third-order valence-corrected chi connectivity index (χ3v) is 2.57. The summed E-state index contributed by atoms with van der Waals surface area (Å²) >= 11 is 5.47. The fourth-order valence-electron chi connectivity index (χ4n) is 1.44. The second-order valence-electron chi connectivity index (χ2n) is 3.64. The summed E-state index contributed by atoms with van der Waals surface area (Å²) in [7, 11) is 0. The van der Waals surface area contributed by atoms with Crippen molar-refractivity contribution in [1.29, 1.82) is 0 Å². The summed E-state index contributed by atoms with van der Waals surface area (Å²) in [4.78, 5) is 0. The molecular weight excluding hydrogens is 239 g/mol. The number of hydrogen-bond acceptors (Lipinski definition) is 1. The third kappa shape index (κ3) is 4.28. The van der Waals surface area contributed by atoms with Gasteiger partial charge in [0.05, 0.1) is 12.0 Å². The molecule has 0 N–H and O–H groups in total. The van der Waals surface area contributed by atoms with Crippen LogP contribution in [0.5, 0.6) is 5.75 Å². The van der Waals surface area contributed by atoms with Crippen molar-refractivity contribution >= 4 is 11.6 Å². The molecule has 0 saturated heterocycles. The van der Waals surface area contributed by atoms with E-state index in [1.54, 1.807) is 12.1 Å². The standard InChI is InChI=1S/C14H16ClFO/c1-3-12(4-2)17-14-10-11(6-5-9-15)7-8-13(14)16/h7-8,10,12H,3-4,9H2,1-2H3. The minimum atomic E-state index is -0.353. The molecule has 0 amide bonds. The molecule has 0 aliphatic heterocycles. The predicted molar refractivity (Wildman–Crippen MR) is 69.0 cm³/mol. The van der Waals surface area contributed by atoms with Crippen LogP contribution in [0.1, 0.15) is 32.3 Å². The van der Waals surface area contributed by atoms with Crippen molar-refractivity contribution in [2.24, 2.45) is 0 Å². The Bertz CT molecular complexity index is 416. The highest BCUT2D eigenvalue weighted by Gasteiger charge is 2.09. The first kappa shape index (κ1) is 13.9. The molecule has 0 bridgehead atoms. The molecular formula is C14H16ClFO. The van der Waals surface area contributed by atoms with Crippen LogP contribution in [0.25, 0.3) is 0 Å². The minimum Gasteiger partial charge on any atom is -0.487 e. The highest BCUT2D eigenvalue weighted by Crippen LogP contribution is 2.21. The first-order chi connectivity index (χ1) is 8.21. The van der Waals surface area contributed by atoms with Crippen molar-refractivity contribution in [3.8, 4) is 17.6 Å². The largest absolute Gasteiger partial charge is 0.487 e. The number of alkyl halides is 1. The van der Waals surface area contributed by atoms with E-state index in [9.17, 15) is 4.39 Å². The van der Waals surface area contributed by atoms with E-state index >= 15 is 0 Å². The average Bonchev–Trinajstić information content (AvgIpc) is 2.36. The van der Waals surface area contributed by atoms with Crippen LogP contribution in [-0.2, 0) is 0 Å². The van der Waals surface area contributed by atoms with Crippen LogP contribution < -0.4 is 4.74 Å². The van der Waals surface area contributed by atoms with Crippen LogP contribution in [0.2, 0.25) is 0 Å². The quantitative estimate of drug-likeness (QED) is 0.583. The van der Waals surface area contributed by atoms with E-state index < -0.39 is 0 Å². The Morgan fingerprint density at radius 1 is 1.35 bits per heavy atom. The zero-order valence-electron chi connectivity index (χ0n) is 10.1. The van der Waals surface area contributed by atoms with Crippen molar-refractivity contribution in [2.75, 3.05) is 5.88 Å². The second kappa shape index (κ2) is 7.19. The van der Waals surface area contributed by atoms with E-state index in [1.165, 1.54) is 6.07 Å². The first-order valence-electron chi connectivity index (χ1n) is 5.72. The number of rotatable bonds is 4. The summed E-state index contributed by atoms with van der Waals surface area (Å²) < 4.78 is 19.1. The molecule has 92 valence electrons. The highest BCUT2D eigenvalue weighted by atomic mass is 35.5. The summed E-state index contributed by atoms with van der Waals surface area (Å²) in [6.45, 7) is 4.03. The SMILES string of the molecule is CCC(CC)Oc1cc(C#CCCl)ccc1F. The second-order valence-corrected chi connectivity index (χ2v) is 3.90. The number of ether oxygens (including phenoxy) is 1. The molecule has 0 spiro atoms. The summed E-state index contributed by atoms with van der Waals surface area (Å²) in [5.41, 5.74) is 0.716. The molecule has 0 aliphatic rings. The van der Waals surface area contributed by atoms with E-state index in [1.807, 2.05) is 13.8 Å². The van der Waals surface area contributed by atoms with Gasteiger partial charge in [0, 0.05) is 5.56 Å². The van der Waals surface area contributed by atoms with Crippen LogP contribution in [0.15, 0.2) is 18.2 Å². The van der Waals surface area contributed by atoms with Gasteiger partial charge in [-0.25, -0.2) is 4.39 Å². The summed E-state index contributed by atoms with van der Waals surface area (Å²) in [6.07, 6.45) is 1.75. The van der Waals surface area contributed by atoms with Crippen LogP contribution in [0.4, 0.5) is 4.39 Å². The normalized spacial score (nSPS) is 9.94. The summed E-state index contributed by atoms with van der Waals surface area (Å²) in [5.74, 6) is 5.75. The van der Waals surface area contributed by atoms with E-state index in [2.05, 4.69) is 11.8 Å². The molecule has 0 radical (unpaired) electrons. The Morgan fingerprint density at radius 3 is 2.65 bits per heavy atom. The van der Waals surface area contributed by atoms with Gasteiger partial charge in [-0.2, -0.15) is 0 Å². The molecule has 17 heavy (non-hydrogen) atoms. The Hall–Kier alpha value is -1.20. The Kier molecular flexibility index (Phi) is 5.86. The molecule has 0 heterocycles. The number of benzene rings is 1. The molecule has 0 atom stereocenters. The monoisotopic (exact) mass is 254 g/mol. The van der Waals surface area contributed by atoms with Gasteiger partial charge in [-0.15, -0.1) is 11.6 Å². The maximum absolute atomic E-state index is 13.5. The van der Waals surface area contributed by atoms with Crippen molar-refractivity contribution in [3.05, 3.63) is 29.6 Å². The summed E-state index contributed by atoms with van der Waals surface area (Å²) in [6, 6.07) is 4.61. The minimum absolute atomic E-state index is 0.0423. The van der Waals surface area contributed by atoms with Gasteiger partial charge in [0.25, 0.3) is 0 Å². The lowest BCUT2D eigenvalue weighted by atomic mass is 10.2. The molecule has 3 heteroatoms. The van der Waals surface area contributed by atoms with E-state index in [0.29, 0.717) is 5.56 Å². The summed E-state index contributed by atoms with van der Waals surface area (Å²) in [5, 5.41) is 0. The number of halogens is 2. The van der Waals surface area contributed by atoms with Gasteiger partial charge in [-0.1, -0.05) is 25.7 Å². The zero-order chi connectivity index (χ0) is 12.7. The van der Waals surface area contributed by atoms with Gasteiger partial charge in [-0.3, -0.25) is 0 Å². The predicted octanol–water partition coefficient (Wildman–Crippen LogP) is 3.98. The molecule has 0 fully saturated rings. The van der Waals surface area contributed by atoms with Crippen molar-refractivity contribution in [1.82, 2.24) is 0 Å². The molecule has 0 saturated carbocycles. The smallest absolute Gasteiger partial charge is 0.165 e. The molecule has 1 aromatic carbocycles. The Morgan fingerprint density at radius 2 is 2.06 bits per heavy atom. The third-order valence-electron chi connectivity index (χ3n) is 2.44. The maximum atomic E-state index is 13.5. The number of hydrogen-bond donors (Lipinski definition) is 0. The van der Waals surface area contributed by atoms with Crippen LogP contribution in [0.3, 0.4) is 0 Å². The van der Waals surface area contributed by atoms with Gasteiger partial charge >= 0.3 is 0 Å². The van der Waals surface area contributed by atoms with Crippen LogP contribution >= 0.6 is 11.6 Å². The fourth-order valence-corrected chi connectivity index (χ4v) is 1.51. The lowest BCUT2D eigenvalue weighted by Gasteiger charge is -2.16. The maximum Gasteiger partial charge on any atom is 0.165 e. The van der Waals surface area contributed by atoms with Crippen molar-refractivity contribution < 1.29 is 9.13 Å². The molecule has 0 aromatic heterocycles. The Balaban J connectivity index is 2.90. The molecule has 1 nitrogen and oxygen atoms in total. The zero-order valence-corrected chi connectivity index (χ0v) is 10.9. The van der Waals surface area contributed by atoms with E-state index in [-0.39, 0.29) is 23.6 Å². The average molecular weight is 255 g/mol. The van der Waals surface area contributed by atoms with Crippen molar-refractivity contribution in [2.45, 2.75) is 32.8 Å². The van der Waals surface area contributed by atoms with Gasteiger partial charge in [0.1, 0.15) is 0 Å². The van der Waals surface area contributed by atoms with E-state index in [4.69, 9.17) is 16.3 Å². The van der Waals surface area contributed by atoms with Gasteiger partial charge in [-0.05, 0) is 31.0 Å². The van der Waals surface area contributed by atoms with Crippen LogP contribution in [0, 0.1) is 17.7 Å². The van der Waals surface area contributed by atoms with Crippen LogP contribution in [-0.4, -0.2) is 12.0 Å².